The van der Waals surface area contributed by atoms with Gasteiger partial charge in [-0.05, 0) is 45.3 Å². The van der Waals surface area contributed by atoms with E-state index in [4.69, 9.17) is 0 Å². The summed E-state index contributed by atoms with van der Waals surface area (Å²) >= 11 is 0. The molecule has 0 unspecified atom stereocenters. The van der Waals surface area contributed by atoms with Crippen molar-refractivity contribution in [3.05, 3.63) is 40.3 Å². The molecule has 1 N–H and O–H groups in total. The molecule has 1 aliphatic rings. The van der Waals surface area contributed by atoms with Gasteiger partial charge in [0.05, 0.1) is 17.5 Å². The second-order valence-electron chi connectivity index (χ2n) is 7.32. The van der Waals surface area contributed by atoms with Gasteiger partial charge in [-0.25, -0.2) is 4.68 Å². The Morgan fingerprint density at radius 2 is 1.85 bits per heavy atom. The Hall–Kier alpha value is -2.21. The molecule has 6 nitrogen and oxygen atoms in total. The first kappa shape index (κ1) is 19.5. The lowest BCUT2D eigenvalue weighted by atomic mass is 10.1. The Morgan fingerprint density at radius 1 is 1.15 bits per heavy atom. The topological polar surface area (TPSA) is 67.2 Å². The SMILES string of the molecule is CC[C@H](CN1CCCCC1)NC(=O)Cc1nn(CC)c(=O)c2ccccc12. The molecule has 0 aliphatic carbocycles. The van der Waals surface area contributed by atoms with E-state index >= 15 is 0 Å². The summed E-state index contributed by atoms with van der Waals surface area (Å²) in [7, 11) is 0. The molecular formula is C21H30N4O2. The molecule has 1 fully saturated rings. The van der Waals surface area contributed by atoms with E-state index in [9.17, 15) is 9.59 Å². The van der Waals surface area contributed by atoms with E-state index in [1.165, 1.54) is 23.9 Å². The summed E-state index contributed by atoms with van der Waals surface area (Å²) in [6.45, 7) is 7.65. The van der Waals surface area contributed by atoms with E-state index in [1.54, 1.807) is 6.07 Å². The zero-order valence-electron chi connectivity index (χ0n) is 16.4. The molecular weight excluding hydrogens is 340 g/mol. The molecule has 27 heavy (non-hydrogen) atoms. The van der Waals surface area contributed by atoms with E-state index in [0.29, 0.717) is 17.6 Å². The number of carbonyl (C=O) groups excluding carboxylic acids is 1. The molecule has 1 aromatic heterocycles. The van der Waals surface area contributed by atoms with E-state index in [0.717, 1.165) is 31.4 Å². The summed E-state index contributed by atoms with van der Waals surface area (Å²) in [6.07, 6.45) is 4.91. The van der Waals surface area contributed by atoms with Crippen molar-refractivity contribution in [1.82, 2.24) is 20.0 Å². The monoisotopic (exact) mass is 370 g/mol. The average molecular weight is 370 g/mol. The number of aromatic nitrogens is 2. The van der Waals surface area contributed by atoms with Gasteiger partial charge < -0.3 is 10.2 Å². The van der Waals surface area contributed by atoms with Gasteiger partial charge in [0.2, 0.25) is 5.91 Å². The predicted octanol–water partition coefficient (Wildman–Crippen LogP) is 2.34. The van der Waals surface area contributed by atoms with Crippen LogP contribution >= 0.6 is 0 Å². The number of nitrogens with one attached hydrogen (secondary N) is 1. The Labute approximate surface area is 160 Å². The molecule has 1 atom stereocenters. The average Bonchev–Trinajstić information content (AvgIpc) is 2.70. The minimum Gasteiger partial charge on any atom is -0.352 e. The molecule has 146 valence electrons. The number of hydrogen-bond acceptors (Lipinski definition) is 4. The van der Waals surface area contributed by atoms with Crippen molar-refractivity contribution < 1.29 is 4.79 Å². The second kappa shape index (κ2) is 9.13. The van der Waals surface area contributed by atoms with Crippen LogP contribution < -0.4 is 10.9 Å². The highest BCUT2D eigenvalue weighted by Crippen LogP contribution is 2.14. The molecule has 0 saturated carbocycles. The van der Waals surface area contributed by atoms with Crippen molar-refractivity contribution in [1.29, 1.82) is 0 Å². The van der Waals surface area contributed by atoms with E-state index < -0.39 is 0 Å². The van der Waals surface area contributed by atoms with Gasteiger partial charge in [-0.15, -0.1) is 0 Å². The van der Waals surface area contributed by atoms with Gasteiger partial charge in [0.25, 0.3) is 5.56 Å². The molecule has 0 bridgehead atoms. The lowest BCUT2D eigenvalue weighted by Crippen LogP contribution is -2.45. The van der Waals surface area contributed by atoms with Crippen LogP contribution in [0.3, 0.4) is 0 Å². The highest BCUT2D eigenvalue weighted by Gasteiger charge is 2.19. The van der Waals surface area contributed by atoms with E-state index in [-0.39, 0.29) is 23.9 Å². The first-order valence-electron chi connectivity index (χ1n) is 10.1. The zero-order chi connectivity index (χ0) is 19.2. The third-order valence-electron chi connectivity index (χ3n) is 5.36. The lowest BCUT2D eigenvalue weighted by Gasteiger charge is -2.30. The number of benzene rings is 1. The number of fused-ring (bicyclic) bond motifs is 1. The molecule has 1 aliphatic heterocycles. The van der Waals surface area contributed by atoms with Crippen LogP contribution in [0.15, 0.2) is 29.1 Å². The minimum atomic E-state index is -0.103. The Morgan fingerprint density at radius 3 is 2.52 bits per heavy atom. The summed E-state index contributed by atoms with van der Waals surface area (Å²) < 4.78 is 1.44. The molecule has 0 spiro atoms. The highest BCUT2D eigenvalue weighted by atomic mass is 16.2. The highest BCUT2D eigenvalue weighted by molar-refractivity contribution is 5.88. The Bertz CT molecular complexity index is 840. The summed E-state index contributed by atoms with van der Waals surface area (Å²) in [5, 5.41) is 9.00. The van der Waals surface area contributed by atoms with Crippen LogP contribution in [-0.2, 0) is 17.8 Å². The maximum atomic E-state index is 12.7. The van der Waals surface area contributed by atoms with Crippen LogP contribution in [0.5, 0.6) is 0 Å². The summed E-state index contributed by atoms with van der Waals surface area (Å²) in [5.41, 5.74) is 0.561. The number of amides is 1. The van der Waals surface area contributed by atoms with E-state index in [1.807, 2.05) is 25.1 Å². The van der Waals surface area contributed by atoms with Crippen molar-refractivity contribution in [3.63, 3.8) is 0 Å². The van der Waals surface area contributed by atoms with Crippen molar-refractivity contribution in [3.8, 4) is 0 Å². The van der Waals surface area contributed by atoms with Gasteiger partial charge >= 0.3 is 0 Å². The quantitative estimate of drug-likeness (QED) is 0.812. The molecule has 2 aromatic rings. The van der Waals surface area contributed by atoms with Crippen LogP contribution in [0.4, 0.5) is 0 Å². The normalized spacial score (nSPS) is 16.4. The molecule has 0 radical (unpaired) electrons. The fourth-order valence-corrected chi connectivity index (χ4v) is 3.81. The molecule has 1 amide bonds. The maximum Gasteiger partial charge on any atom is 0.274 e. The van der Waals surface area contributed by atoms with Crippen molar-refractivity contribution in [2.45, 2.75) is 58.5 Å². The summed E-state index contributed by atoms with van der Waals surface area (Å²) in [6, 6.07) is 7.56. The van der Waals surface area contributed by atoms with Gasteiger partial charge in [-0.1, -0.05) is 31.5 Å². The lowest BCUT2D eigenvalue weighted by molar-refractivity contribution is -0.121. The molecule has 3 rings (SSSR count). The molecule has 2 heterocycles. The number of nitrogens with zero attached hydrogens (tertiary/aromatic N) is 3. The fraction of sp³-hybridized carbons (Fsp3) is 0.571. The third-order valence-corrected chi connectivity index (χ3v) is 5.36. The standard InChI is InChI=1S/C21H30N4O2/c1-3-16(15-24-12-8-5-9-13-24)22-20(26)14-19-17-10-6-7-11-18(17)21(27)25(4-2)23-19/h6-7,10-11,16H,3-5,8-9,12-15H2,1-2H3,(H,22,26)/t16-/m1/s1. The van der Waals surface area contributed by atoms with Crippen LogP contribution in [0.2, 0.25) is 0 Å². The van der Waals surface area contributed by atoms with Crippen LogP contribution in [-0.4, -0.2) is 46.3 Å². The van der Waals surface area contributed by atoms with Crippen LogP contribution in [0, 0.1) is 0 Å². The smallest absolute Gasteiger partial charge is 0.274 e. The predicted molar refractivity (Wildman–Crippen MR) is 108 cm³/mol. The van der Waals surface area contributed by atoms with Crippen molar-refractivity contribution >= 4 is 16.7 Å². The molecule has 1 aromatic carbocycles. The Balaban J connectivity index is 1.73. The third kappa shape index (κ3) is 4.75. The fourth-order valence-electron chi connectivity index (χ4n) is 3.81. The number of carbonyl (C=O) groups is 1. The van der Waals surface area contributed by atoms with Crippen LogP contribution in [0.25, 0.3) is 10.8 Å². The number of hydrogen-bond donors (Lipinski definition) is 1. The number of aryl methyl sites for hydroxylation is 1. The Kier molecular flexibility index (Phi) is 6.61. The van der Waals surface area contributed by atoms with Crippen LogP contribution in [0.1, 0.15) is 45.2 Å². The van der Waals surface area contributed by atoms with Gasteiger partial charge in [-0.2, -0.15) is 5.10 Å². The minimum absolute atomic E-state index is 0.0298. The first-order valence-corrected chi connectivity index (χ1v) is 10.1. The maximum absolute atomic E-state index is 12.7. The van der Waals surface area contributed by atoms with Crippen molar-refractivity contribution in [2.24, 2.45) is 0 Å². The van der Waals surface area contributed by atoms with Gasteiger partial charge in [0, 0.05) is 24.5 Å². The van der Waals surface area contributed by atoms with Gasteiger partial charge in [0.1, 0.15) is 0 Å². The summed E-state index contributed by atoms with van der Waals surface area (Å²) in [4.78, 5) is 27.6. The van der Waals surface area contributed by atoms with Gasteiger partial charge in [-0.3, -0.25) is 9.59 Å². The van der Waals surface area contributed by atoms with Crippen molar-refractivity contribution in [2.75, 3.05) is 19.6 Å². The number of rotatable bonds is 7. The molecule has 1 saturated heterocycles. The first-order chi connectivity index (χ1) is 13.1. The zero-order valence-corrected chi connectivity index (χ0v) is 16.4. The van der Waals surface area contributed by atoms with Gasteiger partial charge in [0.15, 0.2) is 0 Å². The van der Waals surface area contributed by atoms with E-state index in [2.05, 4.69) is 22.2 Å². The summed E-state index contributed by atoms with van der Waals surface area (Å²) in [5.74, 6) is -0.0298. The number of likely N-dealkylation sites (tertiary alicyclic amines) is 1. The largest absolute Gasteiger partial charge is 0.352 e. The molecule has 6 heteroatoms. The number of piperidine rings is 1. The second-order valence-corrected chi connectivity index (χ2v) is 7.32.